The standard InChI is InChI=1S/C30H37ClN6O3/c1-6-21-10-9-11-22(7-2)26(21)37-28-23(16-24(31)29(32-28)36-14-15-40-18-20(36)5)27(33-30(37)39)35-13-12-34(17-19(35)4)25(38)8-3/h8-11,16,19-20H,3,6-7,12-15,17-18H2,1-2,4-5H3/t19-,20-/m0/s1. The summed E-state index contributed by atoms with van der Waals surface area (Å²) in [4.78, 5) is 42.1. The Balaban J connectivity index is 1.76. The summed E-state index contributed by atoms with van der Waals surface area (Å²) in [5.74, 6) is 1.08. The summed E-state index contributed by atoms with van der Waals surface area (Å²) in [5.41, 5.74) is 3.10. The van der Waals surface area contributed by atoms with Crippen LogP contribution in [0.4, 0.5) is 11.6 Å². The average Bonchev–Trinajstić information content (AvgIpc) is 2.96. The predicted octanol–water partition coefficient (Wildman–Crippen LogP) is 4.01. The molecule has 0 N–H and O–H groups in total. The molecule has 1 amide bonds. The zero-order valence-electron chi connectivity index (χ0n) is 23.7. The molecule has 5 rings (SSSR count). The molecule has 2 aliphatic heterocycles. The molecule has 2 fully saturated rings. The minimum Gasteiger partial charge on any atom is -0.377 e. The normalized spacial score (nSPS) is 19.8. The van der Waals surface area contributed by atoms with Gasteiger partial charge in [-0.05, 0) is 50.0 Å². The van der Waals surface area contributed by atoms with Crippen molar-refractivity contribution < 1.29 is 9.53 Å². The highest BCUT2D eigenvalue weighted by molar-refractivity contribution is 6.33. The molecule has 1 aromatic carbocycles. The van der Waals surface area contributed by atoms with Crippen molar-refractivity contribution in [1.29, 1.82) is 0 Å². The summed E-state index contributed by atoms with van der Waals surface area (Å²) in [5, 5.41) is 1.21. The number of aryl methyl sites for hydroxylation is 2. The topological polar surface area (TPSA) is 83.8 Å². The molecule has 10 heteroatoms. The van der Waals surface area contributed by atoms with Crippen molar-refractivity contribution in [2.45, 2.75) is 52.6 Å². The van der Waals surface area contributed by atoms with Crippen molar-refractivity contribution in [3.8, 4) is 5.69 Å². The molecule has 0 unspecified atom stereocenters. The minimum atomic E-state index is -0.384. The first-order valence-corrected chi connectivity index (χ1v) is 14.4. The maximum atomic E-state index is 14.0. The fraction of sp³-hybridized carbons (Fsp3) is 0.467. The Kier molecular flexibility index (Phi) is 8.14. The van der Waals surface area contributed by atoms with E-state index in [0.29, 0.717) is 67.1 Å². The van der Waals surface area contributed by atoms with Crippen LogP contribution in [0.15, 0.2) is 41.7 Å². The number of carbonyl (C=O) groups excluding carboxylic acids is 1. The second-order valence-corrected chi connectivity index (χ2v) is 10.9. The number of ether oxygens (including phenoxy) is 1. The number of anilines is 2. The molecule has 0 bridgehead atoms. The van der Waals surface area contributed by atoms with E-state index in [1.807, 2.05) is 19.1 Å². The first kappa shape index (κ1) is 28.1. The van der Waals surface area contributed by atoms with E-state index < -0.39 is 0 Å². The summed E-state index contributed by atoms with van der Waals surface area (Å²) in [6.45, 7) is 15.3. The van der Waals surface area contributed by atoms with Gasteiger partial charge in [0.05, 0.1) is 35.4 Å². The lowest BCUT2D eigenvalue weighted by atomic mass is 10.0. The van der Waals surface area contributed by atoms with Crippen molar-refractivity contribution >= 4 is 40.2 Å². The molecular weight excluding hydrogens is 528 g/mol. The van der Waals surface area contributed by atoms with Crippen LogP contribution in [0.25, 0.3) is 16.7 Å². The van der Waals surface area contributed by atoms with E-state index in [1.54, 1.807) is 9.47 Å². The summed E-state index contributed by atoms with van der Waals surface area (Å²) in [7, 11) is 0. The Morgan fingerprint density at radius 2 is 1.77 bits per heavy atom. The predicted molar refractivity (Wildman–Crippen MR) is 160 cm³/mol. The fourth-order valence-electron chi connectivity index (χ4n) is 5.86. The van der Waals surface area contributed by atoms with Gasteiger partial charge in [0.25, 0.3) is 0 Å². The highest BCUT2D eigenvalue weighted by atomic mass is 35.5. The van der Waals surface area contributed by atoms with Gasteiger partial charge in [0.1, 0.15) is 11.6 Å². The largest absolute Gasteiger partial charge is 0.377 e. The number of hydrogen-bond donors (Lipinski definition) is 0. The molecule has 2 saturated heterocycles. The van der Waals surface area contributed by atoms with Gasteiger partial charge in [-0.25, -0.2) is 14.3 Å². The lowest BCUT2D eigenvalue weighted by Crippen LogP contribution is -2.54. The van der Waals surface area contributed by atoms with Crippen molar-refractivity contribution in [3.05, 3.63) is 63.6 Å². The number of rotatable bonds is 6. The molecule has 212 valence electrons. The summed E-state index contributed by atoms with van der Waals surface area (Å²) in [6, 6.07) is 8.05. The lowest BCUT2D eigenvalue weighted by molar-refractivity contribution is -0.126. The first-order chi connectivity index (χ1) is 19.3. The van der Waals surface area contributed by atoms with Crippen molar-refractivity contribution in [1.82, 2.24) is 19.4 Å². The number of halogens is 1. The molecule has 4 heterocycles. The number of nitrogens with zero attached hydrogens (tertiary/aromatic N) is 6. The summed E-state index contributed by atoms with van der Waals surface area (Å²) in [6.07, 6.45) is 2.86. The Morgan fingerprint density at radius 3 is 2.40 bits per heavy atom. The second-order valence-electron chi connectivity index (χ2n) is 10.5. The van der Waals surface area contributed by atoms with Gasteiger partial charge < -0.3 is 19.4 Å². The van der Waals surface area contributed by atoms with Gasteiger partial charge in [-0.3, -0.25) is 4.79 Å². The number of morpholine rings is 1. The number of para-hydroxylation sites is 1. The van der Waals surface area contributed by atoms with E-state index in [9.17, 15) is 9.59 Å². The van der Waals surface area contributed by atoms with Crippen LogP contribution in [0.5, 0.6) is 0 Å². The maximum absolute atomic E-state index is 14.0. The zero-order chi connectivity index (χ0) is 28.6. The summed E-state index contributed by atoms with van der Waals surface area (Å²) >= 11 is 6.95. The quantitative estimate of drug-likeness (QED) is 0.418. The van der Waals surface area contributed by atoms with Crippen LogP contribution >= 0.6 is 11.6 Å². The SMILES string of the molecule is C=CC(=O)N1CCN(c2nc(=O)n(-c3c(CC)cccc3CC)c3nc(N4CCOC[C@@H]4C)c(Cl)cc23)[C@@H](C)C1. The van der Waals surface area contributed by atoms with Crippen molar-refractivity contribution in [3.63, 3.8) is 0 Å². The van der Waals surface area contributed by atoms with Crippen molar-refractivity contribution in [2.75, 3.05) is 49.2 Å². The monoisotopic (exact) mass is 564 g/mol. The number of aromatic nitrogens is 3. The van der Waals surface area contributed by atoms with Crippen LogP contribution in [0.2, 0.25) is 5.02 Å². The van der Waals surface area contributed by atoms with E-state index in [-0.39, 0.29) is 23.7 Å². The van der Waals surface area contributed by atoms with E-state index >= 15 is 0 Å². The number of carbonyl (C=O) groups is 1. The van der Waals surface area contributed by atoms with Gasteiger partial charge in [0.15, 0.2) is 5.65 Å². The van der Waals surface area contributed by atoms with E-state index in [2.05, 4.69) is 54.3 Å². The molecular formula is C30H37ClN6O3. The number of pyridine rings is 1. The Labute approximate surface area is 240 Å². The smallest absolute Gasteiger partial charge is 0.355 e. The minimum absolute atomic E-state index is 0.0737. The van der Waals surface area contributed by atoms with Gasteiger partial charge in [-0.15, -0.1) is 0 Å². The van der Waals surface area contributed by atoms with Crippen molar-refractivity contribution in [2.24, 2.45) is 0 Å². The van der Waals surface area contributed by atoms with Gasteiger partial charge in [0.2, 0.25) is 5.91 Å². The lowest BCUT2D eigenvalue weighted by Gasteiger charge is -2.40. The van der Waals surface area contributed by atoms with Crippen LogP contribution in [0.3, 0.4) is 0 Å². The van der Waals surface area contributed by atoms with E-state index in [1.165, 1.54) is 6.08 Å². The maximum Gasteiger partial charge on any atom is 0.355 e. The van der Waals surface area contributed by atoms with Crippen LogP contribution in [0, 0.1) is 0 Å². The molecule has 2 aliphatic rings. The molecule has 0 aliphatic carbocycles. The third-order valence-electron chi connectivity index (χ3n) is 8.00. The number of amides is 1. The highest BCUT2D eigenvalue weighted by Crippen LogP contribution is 2.35. The van der Waals surface area contributed by atoms with Gasteiger partial charge >= 0.3 is 5.69 Å². The van der Waals surface area contributed by atoms with Gasteiger partial charge in [-0.1, -0.05) is 50.2 Å². The van der Waals surface area contributed by atoms with Gasteiger partial charge in [0, 0.05) is 32.2 Å². The molecule has 0 saturated carbocycles. The molecule has 2 aromatic heterocycles. The second kappa shape index (κ2) is 11.6. The zero-order valence-corrected chi connectivity index (χ0v) is 24.4. The van der Waals surface area contributed by atoms with Gasteiger partial charge in [-0.2, -0.15) is 4.98 Å². The number of piperazine rings is 1. The Morgan fingerprint density at radius 1 is 1.07 bits per heavy atom. The molecule has 2 atom stereocenters. The third-order valence-corrected chi connectivity index (χ3v) is 8.28. The Hall–Kier alpha value is -3.43. The van der Waals surface area contributed by atoms with Crippen LogP contribution in [0.1, 0.15) is 38.8 Å². The Bertz CT molecular complexity index is 1480. The molecule has 0 spiro atoms. The molecule has 0 radical (unpaired) electrons. The highest BCUT2D eigenvalue weighted by Gasteiger charge is 2.31. The van der Waals surface area contributed by atoms with E-state index in [0.717, 1.165) is 29.7 Å². The number of fused-ring (bicyclic) bond motifs is 1. The van der Waals surface area contributed by atoms with E-state index in [4.69, 9.17) is 21.3 Å². The first-order valence-electron chi connectivity index (χ1n) is 14.1. The average molecular weight is 565 g/mol. The summed E-state index contributed by atoms with van der Waals surface area (Å²) < 4.78 is 7.33. The molecule has 40 heavy (non-hydrogen) atoms. The molecule has 9 nitrogen and oxygen atoms in total. The third kappa shape index (κ3) is 4.97. The van der Waals surface area contributed by atoms with Crippen LogP contribution < -0.4 is 15.5 Å². The number of benzene rings is 1. The molecule has 3 aromatic rings. The number of hydrogen-bond acceptors (Lipinski definition) is 7. The van der Waals surface area contributed by atoms with Crippen LogP contribution in [-0.4, -0.2) is 76.8 Å². The fourth-order valence-corrected chi connectivity index (χ4v) is 6.12. The van der Waals surface area contributed by atoms with Crippen LogP contribution in [-0.2, 0) is 22.4 Å².